The van der Waals surface area contributed by atoms with E-state index < -0.39 is 112 Å². The highest BCUT2D eigenvalue weighted by Crippen LogP contribution is 2.42. The second-order valence-corrected chi connectivity index (χ2v) is 31.0. The Morgan fingerprint density at radius 1 is 0.857 bits per heavy atom. The summed E-state index contributed by atoms with van der Waals surface area (Å²) in [5, 5.41) is 46.2. The van der Waals surface area contributed by atoms with Crippen molar-refractivity contribution in [3.05, 3.63) is 0 Å². The molecule has 15 nitrogen and oxygen atoms in total. The number of carbonyl (C=O) groups is 1. The molecule has 0 unspecified atom stereocenters. The molecule has 3 aliphatic rings. The molecule has 18 atom stereocenters. The molecule has 3 fully saturated rings. The Morgan fingerprint density at radius 2 is 1.44 bits per heavy atom. The van der Waals surface area contributed by atoms with E-state index in [1.165, 1.54) is 6.92 Å². The predicted molar refractivity (Wildman–Crippen MR) is 252 cm³/mol. The molecule has 0 amide bonds. The van der Waals surface area contributed by atoms with Crippen LogP contribution in [0.5, 0.6) is 0 Å². The van der Waals surface area contributed by atoms with Crippen molar-refractivity contribution in [1.82, 2.24) is 4.90 Å². The minimum atomic E-state index is -2.20. The van der Waals surface area contributed by atoms with Crippen molar-refractivity contribution in [1.29, 1.82) is 0 Å². The van der Waals surface area contributed by atoms with Crippen LogP contribution in [0.4, 0.5) is 0 Å². The van der Waals surface area contributed by atoms with Gasteiger partial charge in [-0.15, -0.1) is 0 Å². The van der Waals surface area contributed by atoms with Crippen molar-refractivity contribution in [2.75, 3.05) is 21.2 Å². The number of aliphatic hydroxyl groups excluding tert-OH is 1. The van der Waals surface area contributed by atoms with Gasteiger partial charge in [0.2, 0.25) is 0 Å². The van der Waals surface area contributed by atoms with Gasteiger partial charge in [0.15, 0.2) is 29.2 Å². The first kappa shape index (κ1) is 56.1. The van der Waals surface area contributed by atoms with Crippen LogP contribution in [0.25, 0.3) is 0 Å². The predicted octanol–water partition coefficient (Wildman–Crippen LogP) is 6.77. The summed E-state index contributed by atoms with van der Waals surface area (Å²) in [6, 6.07) is -0.0609. The number of carbonyl (C=O) groups excluding carboxylic acids is 1. The Hall–Kier alpha value is -1.20. The van der Waals surface area contributed by atoms with Crippen LogP contribution in [-0.2, 0) is 42.1 Å². The van der Waals surface area contributed by atoms with Crippen LogP contribution in [0, 0.1) is 23.7 Å². The number of likely N-dealkylation sites (N-methyl/N-ethyl adjacent to an activating group) is 1. The molecule has 0 saturated carbocycles. The molecule has 0 bridgehead atoms. The molecule has 368 valence electrons. The molecule has 3 rings (SSSR count). The van der Waals surface area contributed by atoms with Gasteiger partial charge in [0.1, 0.15) is 17.8 Å². The van der Waals surface area contributed by atoms with Gasteiger partial charge in [0, 0.05) is 42.8 Å². The number of rotatable bonds is 12. The number of cyclic esters (lactones) is 1. The molecule has 3 aliphatic heterocycles. The van der Waals surface area contributed by atoms with Crippen LogP contribution < -0.4 is 0 Å². The number of methoxy groups -OCH3 is 1. The fourth-order valence-electron chi connectivity index (χ4n) is 9.88. The second-order valence-electron chi connectivity index (χ2n) is 22.1. The molecule has 0 aromatic rings. The summed E-state index contributed by atoms with van der Waals surface area (Å²) in [4.78, 5) is 16.8. The van der Waals surface area contributed by atoms with Gasteiger partial charge >= 0.3 is 5.97 Å². The zero-order valence-corrected chi connectivity index (χ0v) is 44.8. The highest BCUT2D eigenvalue weighted by Gasteiger charge is 2.54. The molecule has 3 N–H and O–H groups in total. The zero-order valence-electron chi connectivity index (χ0n) is 42.8. The molecule has 63 heavy (non-hydrogen) atoms. The largest absolute Gasteiger partial charge is 0.459 e. The molecule has 3 saturated heterocycles. The molecular weight excluding hydrogens is 843 g/mol. The van der Waals surface area contributed by atoms with Crippen molar-refractivity contribution in [2.24, 2.45) is 33.9 Å². The van der Waals surface area contributed by atoms with Gasteiger partial charge in [-0.25, -0.2) is 0 Å². The smallest absolute Gasteiger partial charge is 0.311 e. The van der Waals surface area contributed by atoms with Crippen molar-refractivity contribution >= 4 is 34.0 Å². The molecule has 0 aliphatic carbocycles. The Labute approximate surface area is 382 Å². The average Bonchev–Trinajstić information content (AvgIpc) is 3.14. The van der Waals surface area contributed by atoms with E-state index >= 15 is 0 Å². The number of aliphatic hydroxyl groups is 3. The maximum absolute atomic E-state index is 14.6. The van der Waals surface area contributed by atoms with Gasteiger partial charge in [-0.3, -0.25) is 4.79 Å². The lowest BCUT2D eigenvalue weighted by Crippen LogP contribution is -2.62. The highest BCUT2D eigenvalue weighted by atomic mass is 28.4. The van der Waals surface area contributed by atoms with E-state index in [-0.39, 0.29) is 37.5 Å². The Balaban J connectivity index is 2.34. The van der Waals surface area contributed by atoms with Crippen LogP contribution in [0.3, 0.4) is 0 Å². The first-order chi connectivity index (χ1) is 28.7. The fraction of sp³-hybridized carbons (Fsp3) is 0.935. The summed E-state index contributed by atoms with van der Waals surface area (Å²) >= 11 is 0. The topological polar surface area (TPSA) is 180 Å². The molecular formula is C46H89N3O12Si2. The lowest BCUT2D eigenvalue weighted by atomic mass is 9.73. The van der Waals surface area contributed by atoms with E-state index in [4.69, 9.17) is 37.3 Å². The molecule has 0 radical (unpaired) electrons. The average molecular weight is 932 g/mol. The third-order valence-electron chi connectivity index (χ3n) is 13.1. The summed E-state index contributed by atoms with van der Waals surface area (Å²) in [5.41, 5.74) is -3.21. The fourth-order valence-corrected chi connectivity index (χ4v) is 12.2. The monoisotopic (exact) mass is 932 g/mol. The van der Waals surface area contributed by atoms with E-state index in [0.29, 0.717) is 17.8 Å². The van der Waals surface area contributed by atoms with Crippen LogP contribution >= 0.6 is 0 Å². The number of nitrogens with zero attached hydrogens (tertiary/aromatic N) is 3. The molecule has 17 heteroatoms. The Morgan fingerprint density at radius 3 is 1.95 bits per heavy atom. The highest BCUT2D eigenvalue weighted by molar-refractivity contribution is 6.70. The maximum Gasteiger partial charge on any atom is 0.311 e. The summed E-state index contributed by atoms with van der Waals surface area (Å²) in [6.07, 6.45) is -6.59. The van der Waals surface area contributed by atoms with Crippen molar-refractivity contribution in [3.63, 3.8) is 0 Å². The van der Waals surface area contributed by atoms with Gasteiger partial charge in [-0.05, 0) is 134 Å². The van der Waals surface area contributed by atoms with Crippen molar-refractivity contribution in [3.8, 4) is 0 Å². The Bertz CT molecular complexity index is 1550. The van der Waals surface area contributed by atoms with Gasteiger partial charge in [-0.1, -0.05) is 27.7 Å². The number of hydrogen-bond donors (Lipinski definition) is 3. The third kappa shape index (κ3) is 14.4. The SMILES string of the molecule is CC[C@H]1OC(=O)[C@H](C)[C@@H](O[C@H]2C[C@@](C)(OC)[C@@H](O[Si](C)(C)C)[C@H](C)O2)[C@H](C)[C@@H](O[C@@H]2O[C@H](C)C[C@H](N(C)C)[C@H]2O[Si](C)(C)C)[C@](C)(O)C[C@@H](C)/C(=N\N=C(C)C)[C@H](C)[C@@H](O)[C@]1(C)O. The number of hydrogen-bond acceptors (Lipinski definition) is 15. The first-order valence-electron chi connectivity index (χ1n) is 23.3. The quantitative estimate of drug-likeness (QED) is 0.0809. The summed E-state index contributed by atoms with van der Waals surface area (Å²) < 4.78 is 53.5. The number of ether oxygens (including phenoxy) is 6. The lowest BCUT2D eigenvalue weighted by Gasteiger charge is -2.51. The summed E-state index contributed by atoms with van der Waals surface area (Å²) in [7, 11) is 1.46. The second kappa shape index (κ2) is 21.8. The minimum Gasteiger partial charge on any atom is -0.459 e. The summed E-state index contributed by atoms with van der Waals surface area (Å²) in [5.74, 6) is -3.63. The molecule has 0 spiro atoms. The molecule has 0 aromatic carbocycles. The summed E-state index contributed by atoms with van der Waals surface area (Å²) in [6.45, 7) is 34.7. The third-order valence-corrected chi connectivity index (χ3v) is 15.1. The van der Waals surface area contributed by atoms with Gasteiger partial charge in [0.05, 0.1) is 53.7 Å². The Kier molecular flexibility index (Phi) is 19.5. The zero-order chi connectivity index (χ0) is 48.4. The van der Waals surface area contributed by atoms with E-state index in [0.717, 1.165) is 0 Å². The van der Waals surface area contributed by atoms with Gasteiger partial charge in [-0.2, -0.15) is 10.2 Å². The van der Waals surface area contributed by atoms with E-state index in [1.807, 2.05) is 62.6 Å². The van der Waals surface area contributed by atoms with Crippen molar-refractivity contribution in [2.45, 2.75) is 232 Å². The van der Waals surface area contributed by atoms with Crippen LogP contribution in [0.15, 0.2) is 10.2 Å². The van der Waals surface area contributed by atoms with Crippen LogP contribution in [0.2, 0.25) is 39.3 Å². The normalized spacial score (nSPS) is 43.7. The first-order valence-corrected chi connectivity index (χ1v) is 30.1. The van der Waals surface area contributed by atoms with E-state index in [9.17, 15) is 20.1 Å². The van der Waals surface area contributed by atoms with Crippen LogP contribution in [0.1, 0.15) is 109 Å². The lowest BCUT2D eigenvalue weighted by molar-refractivity contribution is -0.315. The van der Waals surface area contributed by atoms with Crippen LogP contribution in [-0.4, -0.2) is 160 Å². The molecule has 0 aromatic heterocycles. The minimum absolute atomic E-state index is 0.0609. The van der Waals surface area contributed by atoms with Crippen molar-refractivity contribution < 1.29 is 57.4 Å². The van der Waals surface area contributed by atoms with Gasteiger partial charge in [0.25, 0.3) is 0 Å². The molecule has 3 heterocycles. The maximum atomic E-state index is 14.6. The standard InChI is InChI=1S/C46H89N3O12Si2/c1-22-34-46(12,53)39(50)29(6)36(48-47-26(2)3)27(4)24-44(10,52)40(59-43-38(60-62(16,17)18)33(49(13)14)23-28(5)55-43)30(7)37(31(8)42(51)57-34)58-35-25-45(11,54-15)41(32(9)56-35)61-63(19,20)21/h27-35,37-41,43,50,52-53H,22-25H2,1-21H3/b48-36+/t27-,28-,29+,30+,31-,32+,33+,34-,35+,37+,38-,39-,40-,41+,43+,44-,45-,46-/m1/s1. The van der Waals surface area contributed by atoms with Gasteiger partial charge < -0.3 is 57.5 Å². The van der Waals surface area contributed by atoms with E-state index in [2.05, 4.69) is 54.4 Å². The van der Waals surface area contributed by atoms with E-state index in [1.54, 1.807) is 34.8 Å². The number of esters is 1.